The van der Waals surface area contributed by atoms with Crippen LogP contribution in [0.3, 0.4) is 0 Å². The lowest BCUT2D eigenvalue weighted by atomic mass is 10.1. The van der Waals surface area contributed by atoms with Crippen molar-refractivity contribution in [2.24, 2.45) is 5.84 Å². The maximum atomic E-state index is 12.5. The average Bonchev–Trinajstić information content (AvgIpc) is 2.02. The van der Waals surface area contributed by atoms with E-state index in [1.165, 1.54) is 0 Å². The van der Waals surface area contributed by atoms with Gasteiger partial charge in [0.1, 0.15) is 0 Å². The van der Waals surface area contributed by atoms with Crippen LogP contribution in [0.25, 0.3) is 0 Å². The molecule has 13 heavy (non-hydrogen) atoms. The Hall–Kier alpha value is 0.0700. The van der Waals surface area contributed by atoms with Gasteiger partial charge in [-0.15, -0.1) is 0 Å². The van der Waals surface area contributed by atoms with Gasteiger partial charge < -0.3 is 0 Å². The highest BCUT2D eigenvalue weighted by Crippen LogP contribution is 2.26. The molecule has 0 spiro atoms. The molecule has 0 fully saturated rings. The highest BCUT2D eigenvalue weighted by Gasteiger charge is 2.35. The number of hydrogen-bond acceptors (Lipinski definition) is 2. The van der Waals surface area contributed by atoms with Gasteiger partial charge in [0.15, 0.2) is 0 Å². The predicted octanol–water partition coefficient (Wildman–Crippen LogP) is 2.62. The Morgan fingerprint density at radius 2 is 2.00 bits per heavy atom. The fourth-order valence-electron chi connectivity index (χ4n) is 1.12. The summed E-state index contributed by atoms with van der Waals surface area (Å²) in [5.41, 5.74) is 2.04. The number of rotatable bonds is 7. The van der Waals surface area contributed by atoms with Crippen LogP contribution in [-0.4, -0.2) is 11.4 Å². The van der Waals surface area contributed by atoms with Crippen molar-refractivity contribution < 1.29 is 8.78 Å². The third-order valence-electron chi connectivity index (χ3n) is 1.94. The van der Waals surface area contributed by atoms with Crippen LogP contribution >= 0.6 is 11.6 Å². The van der Waals surface area contributed by atoms with Gasteiger partial charge >= 0.3 is 5.38 Å². The molecule has 0 saturated heterocycles. The number of hydrazine groups is 1. The average molecular weight is 215 g/mol. The van der Waals surface area contributed by atoms with E-state index < -0.39 is 11.4 Å². The molecule has 0 amide bonds. The quantitative estimate of drug-likeness (QED) is 0.296. The summed E-state index contributed by atoms with van der Waals surface area (Å²) in [6.07, 6.45) is 4.13. The first-order chi connectivity index (χ1) is 6.02. The lowest BCUT2D eigenvalue weighted by Gasteiger charge is -2.20. The molecule has 0 bridgehead atoms. The third-order valence-corrected chi connectivity index (χ3v) is 2.21. The Morgan fingerprint density at radius 3 is 2.38 bits per heavy atom. The van der Waals surface area contributed by atoms with E-state index >= 15 is 0 Å². The largest absolute Gasteiger partial charge is 0.338 e. The summed E-state index contributed by atoms with van der Waals surface area (Å²) < 4.78 is 25.0. The summed E-state index contributed by atoms with van der Waals surface area (Å²) >= 11 is 4.84. The summed E-state index contributed by atoms with van der Waals surface area (Å²) in [4.78, 5) is 0. The molecule has 0 heterocycles. The Bertz CT molecular complexity index is 128. The van der Waals surface area contributed by atoms with E-state index in [0.717, 1.165) is 25.7 Å². The number of hydrogen-bond donors (Lipinski definition) is 2. The second kappa shape index (κ2) is 6.51. The molecule has 80 valence electrons. The lowest BCUT2D eigenvalue weighted by Crippen LogP contribution is -2.45. The van der Waals surface area contributed by atoms with E-state index in [4.69, 9.17) is 17.4 Å². The maximum absolute atomic E-state index is 12.5. The molecule has 5 heteroatoms. The molecule has 0 aromatic heterocycles. The molecule has 0 aliphatic heterocycles. The molecule has 0 rings (SSSR count). The number of unbranched alkanes of at least 4 members (excludes halogenated alkanes) is 3. The normalized spacial score (nSPS) is 14.5. The van der Waals surface area contributed by atoms with Crippen molar-refractivity contribution in [2.45, 2.75) is 50.5 Å². The van der Waals surface area contributed by atoms with Crippen molar-refractivity contribution in [3.05, 3.63) is 0 Å². The number of nitrogens with two attached hydrogens (primary N) is 1. The van der Waals surface area contributed by atoms with E-state index in [0.29, 0.717) is 6.42 Å². The van der Waals surface area contributed by atoms with Crippen molar-refractivity contribution in [3.8, 4) is 0 Å². The smallest absolute Gasteiger partial charge is 0.271 e. The third kappa shape index (κ3) is 6.18. The highest BCUT2D eigenvalue weighted by atomic mass is 35.5. The molecular weight excluding hydrogens is 198 g/mol. The van der Waals surface area contributed by atoms with Gasteiger partial charge in [0.05, 0.1) is 6.04 Å². The number of alkyl halides is 3. The van der Waals surface area contributed by atoms with Gasteiger partial charge in [-0.25, -0.2) is 5.43 Å². The molecule has 0 aliphatic rings. The first-order valence-electron chi connectivity index (χ1n) is 4.55. The van der Waals surface area contributed by atoms with Gasteiger partial charge in [-0.2, -0.15) is 8.78 Å². The second-order valence-electron chi connectivity index (χ2n) is 3.11. The Labute approximate surface area is 82.8 Å². The van der Waals surface area contributed by atoms with Gasteiger partial charge in [-0.1, -0.05) is 32.6 Å². The van der Waals surface area contributed by atoms with E-state index in [2.05, 4.69) is 6.92 Å². The fourth-order valence-corrected chi connectivity index (χ4v) is 1.29. The number of nitrogens with one attached hydrogen (secondary N) is 1. The van der Waals surface area contributed by atoms with Crippen molar-refractivity contribution in [1.82, 2.24) is 5.43 Å². The molecule has 1 atom stereocenters. The van der Waals surface area contributed by atoms with Crippen molar-refractivity contribution in [1.29, 1.82) is 0 Å². The van der Waals surface area contributed by atoms with Crippen LogP contribution in [0.2, 0.25) is 0 Å². The Kier molecular flexibility index (Phi) is 6.55. The van der Waals surface area contributed by atoms with E-state index in [9.17, 15) is 8.78 Å². The van der Waals surface area contributed by atoms with Gasteiger partial charge in [-0.05, 0) is 18.0 Å². The minimum atomic E-state index is -3.25. The predicted molar refractivity (Wildman–Crippen MR) is 50.7 cm³/mol. The Morgan fingerprint density at radius 1 is 1.38 bits per heavy atom. The molecule has 0 aromatic carbocycles. The van der Waals surface area contributed by atoms with Crippen LogP contribution in [0.5, 0.6) is 0 Å². The number of halogens is 3. The van der Waals surface area contributed by atoms with E-state index in [1.807, 2.05) is 5.43 Å². The monoisotopic (exact) mass is 214 g/mol. The Balaban J connectivity index is 3.61. The van der Waals surface area contributed by atoms with Crippen LogP contribution in [0.15, 0.2) is 0 Å². The summed E-state index contributed by atoms with van der Waals surface area (Å²) in [5.74, 6) is 4.96. The summed E-state index contributed by atoms with van der Waals surface area (Å²) in [7, 11) is 0. The van der Waals surface area contributed by atoms with Crippen LogP contribution in [0.4, 0.5) is 8.78 Å². The van der Waals surface area contributed by atoms with Crippen molar-refractivity contribution in [2.75, 3.05) is 0 Å². The molecule has 2 nitrogen and oxygen atoms in total. The van der Waals surface area contributed by atoms with Gasteiger partial charge in [-0.3, -0.25) is 5.84 Å². The zero-order valence-corrected chi connectivity index (χ0v) is 8.58. The molecule has 0 saturated carbocycles. The lowest BCUT2D eigenvalue weighted by molar-refractivity contribution is 0.0456. The van der Waals surface area contributed by atoms with Crippen LogP contribution < -0.4 is 11.3 Å². The van der Waals surface area contributed by atoms with Gasteiger partial charge in [0, 0.05) is 0 Å². The molecular formula is C8H17ClF2N2. The molecule has 1 unspecified atom stereocenters. The molecule has 0 radical (unpaired) electrons. The summed E-state index contributed by atoms with van der Waals surface area (Å²) in [6.45, 7) is 2.06. The summed E-state index contributed by atoms with van der Waals surface area (Å²) in [5, 5.41) is -3.25. The van der Waals surface area contributed by atoms with Gasteiger partial charge in [0.2, 0.25) is 0 Å². The van der Waals surface area contributed by atoms with Crippen LogP contribution in [0, 0.1) is 0 Å². The van der Waals surface area contributed by atoms with Gasteiger partial charge in [0.25, 0.3) is 0 Å². The minimum Gasteiger partial charge on any atom is -0.271 e. The van der Waals surface area contributed by atoms with Crippen LogP contribution in [-0.2, 0) is 0 Å². The van der Waals surface area contributed by atoms with E-state index in [1.54, 1.807) is 0 Å². The maximum Gasteiger partial charge on any atom is 0.338 e. The topological polar surface area (TPSA) is 38.0 Å². The minimum absolute atomic E-state index is 0.312. The summed E-state index contributed by atoms with van der Waals surface area (Å²) in [6, 6.07) is -1.12. The zero-order valence-electron chi connectivity index (χ0n) is 7.82. The highest BCUT2D eigenvalue weighted by molar-refractivity contribution is 6.22. The SMILES string of the molecule is CCCCCCC(NN)C(F)(F)Cl. The first-order valence-corrected chi connectivity index (χ1v) is 4.93. The van der Waals surface area contributed by atoms with E-state index in [-0.39, 0.29) is 0 Å². The standard InChI is InChI=1S/C8H17ClF2N2/c1-2-3-4-5-6-7(13-12)8(9,10)11/h7,13H,2-6,12H2,1H3. The molecule has 0 aliphatic carbocycles. The van der Waals surface area contributed by atoms with Crippen LogP contribution in [0.1, 0.15) is 39.0 Å². The van der Waals surface area contributed by atoms with Crippen molar-refractivity contribution >= 4 is 11.6 Å². The van der Waals surface area contributed by atoms with Crippen molar-refractivity contribution in [3.63, 3.8) is 0 Å². The molecule has 0 aromatic rings. The zero-order chi connectivity index (χ0) is 10.3. The fraction of sp³-hybridized carbons (Fsp3) is 1.00. The second-order valence-corrected chi connectivity index (χ2v) is 3.61. The molecule has 3 N–H and O–H groups in total. The first kappa shape index (κ1) is 13.1.